The van der Waals surface area contributed by atoms with Crippen LogP contribution >= 0.6 is 0 Å². The largest absolute Gasteiger partial charge is 0.513 e. The molecule has 0 radical (unpaired) electrons. The molecule has 176 valence electrons. The van der Waals surface area contributed by atoms with Crippen LogP contribution in [0.1, 0.15) is 41.3 Å². The van der Waals surface area contributed by atoms with Crippen molar-refractivity contribution in [3.63, 3.8) is 0 Å². The fourth-order valence-corrected chi connectivity index (χ4v) is 3.50. The van der Waals surface area contributed by atoms with Crippen molar-refractivity contribution in [2.75, 3.05) is 26.3 Å². The molecule has 8 nitrogen and oxygen atoms in total. The molecule has 0 aliphatic carbocycles. The average molecular weight is 455 g/mol. The first-order valence-electron chi connectivity index (χ1n) is 11.1. The summed E-state index contributed by atoms with van der Waals surface area (Å²) in [7, 11) is 0. The first-order valence-corrected chi connectivity index (χ1v) is 11.1. The molecule has 0 atom stereocenters. The van der Waals surface area contributed by atoms with Crippen LogP contribution in [0.15, 0.2) is 42.5 Å². The molecule has 1 fully saturated rings. The lowest BCUT2D eigenvalue weighted by Gasteiger charge is -2.32. The number of ether oxygens (including phenoxy) is 3. The van der Waals surface area contributed by atoms with Crippen LogP contribution < -0.4 is 14.8 Å². The van der Waals surface area contributed by atoms with Crippen LogP contribution in [0.3, 0.4) is 0 Å². The van der Waals surface area contributed by atoms with Crippen LogP contribution in [0.4, 0.5) is 4.79 Å². The van der Waals surface area contributed by atoms with Crippen LogP contribution in [-0.4, -0.2) is 55.2 Å². The lowest BCUT2D eigenvalue weighted by molar-refractivity contribution is -0.134. The number of carbonyl (C=O) groups excluding carboxylic acids is 3. The second-order valence-corrected chi connectivity index (χ2v) is 7.97. The molecule has 2 aromatic carbocycles. The molecule has 8 heteroatoms. The maximum absolute atomic E-state index is 12.5. The van der Waals surface area contributed by atoms with Gasteiger partial charge in [-0.15, -0.1) is 0 Å². The molecule has 1 saturated heterocycles. The van der Waals surface area contributed by atoms with Crippen molar-refractivity contribution in [2.24, 2.45) is 0 Å². The van der Waals surface area contributed by atoms with E-state index in [-0.39, 0.29) is 31.1 Å². The first kappa shape index (κ1) is 24.1. The molecule has 1 N–H and O–H groups in total. The second kappa shape index (κ2) is 11.4. The van der Waals surface area contributed by atoms with Gasteiger partial charge in [-0.1, -0.05) is 6.07 Å². The number of benzene rings is 2. The molecule has 2 aromatic rings. The molecule has 0 spiro atoms. The highest BCUT2D eigenvalue weighted by Crippen LogP contribution is 2.18. The zero-order valence-electron chi connectivity index (χ0n) is 19.3. The summed E-state index contributed by atoms with van der Waals surface area (Å²) in [5, 5.41) is 3.00. The molecule has 0 aromatic heterocycles. The van der Waals surface area contributed by atoms with Gasteiger partial charge in [-0.05, 0) is 81.1 Å². The van der Waals surface area contributed by atoms with Gasteiger partial charge in [0.15, 0.2) is 6.61 Å². The zero-order valence-corrected chi connectivity index (χ0v) is 19.3. The Labute approximate surface area is 193 Å². The smallest absolute Gasteiger partial charge is 0.484 e. The lowest BCUT2D eigenvalue weighted by atomic mass is 10.0. The van der Waals surface area contributed by atoms with Crippen molar-refractivity contribution in [1.29, 1.82) is 0 Å². The van der Waals surface area contributed by atoms with Crippen molar-refractivity contribution < 1.29 is 28.6 Å². The van der Waals surface area contributed by atoms with Gasteiger partial charge in [-0.3, -0.25) is 9.59 Å². The summed E-state index contributed by atoms with van der Waals surface area (Å²) < 4.78 is 15.4. The molecular weight excluding hydrogens is 424 g/mol. The van der Waals surface area contributed by atoms with Gasteiger partial charge in [-0.25, -0.2) is 4.79 Å². The van der Waals surface area contributed by atoms with Crippen molar-refractivity contribution in [3.8, 4) is 11.5 Å². The quantitative estimate of drug-likeness (QED) is 0.507. The fraction of sp³-hybridized carbons (Fsp3) is 0.400. The molecule has 1 aliphatic rings. The van der Waals surface area contributed by atoms with Gasteiger partial charge < -0.3 is 24.4 Å². The average Bonchev–Trinajstić information content (AvgIpc) is 2.80. The minimum Gasteiger partial charge on any atom is -0.484 e. The van der Waals surface area contributed by atoms with Crippen molar-refractivity contribution >= 4 is 18.0 Å². The molecule has 0 unspecified atom stereocenters. The van der Waals surface area contributed by atoms with Gasteiger partial charge in [0.05, 0.1) is 6.61 Å². The fourth-order valence-electron chi connectivity index (χ4n) is 3.50. The van der Waals surface area contributed by atoms with E-state index in [9.17, 15) is 14.4 Å². The Hall–Kier alpha value is -3.55. The Morgan fingerprint density at radius 3 is 2.27 bits per heavy atom. The van der Waals surface area contributed by atoms with E-state index in [4.69, 9.17) is 14.2 Å². The van der Waals surface area contributed by atoms with Gasteiger partial charge in [-0.2, -0.15) is 0 Å². The predicted octanol–water partition coefficient (Wildman–Crippen LogP) is 3.64. The van der Waals surface area contributed by atoms with Crippen LogP contribution in [-0.2, 0) is 9.53 Å². The van der Waals surface area contributed by atoms with Gasteiger partial charge in [0, 0.05) is 24.7 Å². The first-order chi connectivity index (χ1) is 15.9. The molecule has 3 rings (SSSR count). The highest BCUT2D eigenvalue weighted by molar-refractivity contribution is 5.94. The lowest BCUT2D eigenvalue weighted by Crippen LogP contribution is -2.47. The third-order valence-electron chi connectivity index (χ3n) is 5.60. The normalized spacial score (nSPS) is 13.8. The van der Waals surface area contributed by atoms with Crippen LogP contribution in [0.5, 0.6) is 11.5 Å². The van der Waals surface area contributed by atoms with Gasteiger partial charge >= 0.3 is 6.16 Å². The molecule has 2 amide bonds. The Balaban J connectivity index is 1.42. The molecular formula is C25H30N2O6. The number of likely N-dealkylation sites (tertiary alicyclic amines) is 1. The van der Waals surface area contributed by atoms with E-state index in [1.807, 2.05) is 32.0 Å². The number of carbonyl (C=O) groups is 3. The topological polar surface area (TPSA) is 94.2 Å². The predicted molar refractivity (Wildman–Crippen MR) is 123 cm³/mol. The molecule has 0 bridgehead atoms. The molecule has 0 saturated carbocycles. The molecule has 1 heterocycles. The van der Waals surface area contributed by atoms with Gasteiger partial charge in [0.2, 0.25) is 0 Å². The number of nitrogens with one attached hydrogen (secondary N) is 1. The highest BCUT2D eigenvalue weighted by atomic mass is 16.7. The third kappa shape index (κ3) is 6.97. The van der Waals surface area contributed by atoms with E-state index in [1.165, 1.54) is 5.56 Å². The zero-order chi connectivity index (χ0) is 23.8. The van der Waals surface area contributed by atoms with Crippen molar-refractivity contribution in [1.82, 2.24) is 10.2 Å². The van der Waals surface area contributed by atoms with Crippen LogP contribution in [0.25, 0.3) is 0 Å². The van der Waals surface area contributed by atoms with Gasteiger partial charge in [0.1, 0.15) is 11.5 Å². The summed E-state index contributed by atoms with van der Waals surface area (Å²) in [4.78, 5) is 38.1. The maximum Gasteiger partial charge on any atom is 0.513 e. The number of aryl methyl sites for hydroxylation is 2. The highest BCUT2D eigenvalue weighted by Gasteiger charge is 2.24. The minimum absolute atomic E-state index is 0.000253. The van der Waals surface area contributed by atoms with Crippen molar-refractivity contribution in [3.05, 3.63) is 59.2 Å². The van der Waals surface area contributed by atoms with E-state index in [0.29, 0.717) is 43.0 Å². The van der Waals surface area contributed by atoms with Crippen LogP contribution in [0.2, 0.25) is 0 Å². The summed E-state index contributed by atoms with van der Waals surface area (Å²) in [6, 6.07) is 12.0. The standard InChI is InChI=1S/C25H30N2O6/c1-4-31-25(30)33-21-9-6-19(7-10-21)24(29)26-20-11-13-27(14-12-20)23(28)16-32-22-8-5-17(2)18(3)15-22/h5-10,15,20H,4,11-14,16H2,1-3H3,(H,26,29). The van der Waals surface area contributed by atoms with Crippen LogP contribution in [0, 0.1) is 13.8 Å². The SMILES string of the molecule is CCOC(=O)Oc1ccc(C(=O)NC2CCN(C(=O)COc3ccc(C)c(C)c3)CC2)cc1. The Morgan fingerprint density at radius 1 is 0.970 bits per heavy atom. The summed E-state index contributed by atoms with van der Waals surface area (Å²) in [6.45, 7) is 7.08. The number of piperidine rings is 1. The number of hydrogen-bond acceptors (Lipinski definition) is 6. The molecule has 1 aliphatic heterocycles. The number of hydrogen-bond donors (Lipinski definition) is 1. The van der Waals surface area contributed by atoms with Gasteiger partial charge in [0.25, 0.3) is 11.8 Å². The van der Waals surface area contributed by atoms with E-state index < -0.39 is 6.16 Å². The summed E-state index contributed by atoms with van der Waals surface area (Å²) in [6.07, 6.45) is 0.562. The maximum atomic E-state index is 12.5. The summed E-state index contributed by atoms with van der Waals surface area (Å²) >= 11 is 0. The van der Waals surface area contributed by atoms with E-state index in [0.717, 1.165) is 5.56 Å². The van der Waals surface area contributed by atoms with E-state index >= 15 is 0 Å². The minimum atomic E-state index is -0.782. The second-order valence-electron chi connectivity index (χ2n) is 7.97. The number of nitrogens with zero attached hydrogens (tertiary/aromatic N) is 1. The number of amides is 2. The molecule has 33 heavy (non-hydrogen) atoms. The Morgan fingerprint density at radius 2 is 1.64 bits per heavy atom. The monoisotopic (exact) mass is 454 g/mol. The van der Waals surface area contributed by atoms with E-state index in [1.54, 1.807) is 36.1 Å². The Kier molecular flexibility index (Phi) is 8.29. The van der Waals surface area contributed by atoms with E-state index in [2.05, 4.69) is 5.32 Å². The Bertz CT molecular complexity index is 981. The van der Waals surface area contributed by atoms with Crippen molar-refractivity contribution in [2.45, 2.75) is 39.7 Å². The summed E-state index contributed by atoms with van der Waals surface area (Å²) in [5.74, 6) is 0.725. The third-order valence-corrected chi connectivity index (χ3v) is 5.60. The number of rotatable bonds is 7. The summed E-state index contributed by atoms with van der Waals surface area (Å²) in [5.41, 5.74) is 2.77.